The second kappa shape index (κ2) is 23.3. The minimum Gasteiger partial charge on any atom is -0.493 e. The number of aromatic nitrogens is 1. The molecule has 322 valence electrons. The van der Waals surface area contributed by atoms with Gasteiger partial charge in [0.05, 0.1) is 25.6 Å². The summed E-state index contributed by atoms with van der Waals surface area (Å²) in [4.78, 5) is 27.3. The molecule has 0 saturated carbocycles. The molecule has 61 heavy (non-hydrogen) atoms. The van der Waals surface area contributed by atoms with Crippen LogP contribution in [-0.2, 0) is 38.9 Å². The first-order valence-corrected chi connectivity index (χ1v) is 21.9. The molecular weight excluding hydrogens is 759 g/mol. The fourth-order valence-electron chi connectivity index (χ4n) is 7.70. The first-order chi connectivity index (χ1) is 29.6. The molecular formula is C53H65N3O5. The van der Waals surface area contributed by atoms with Gasteiger partial charge in [0, 0.05) is 59.6 Å². The Labute approximate surface area is 364 Å². The smallest absolute Gasteiger partial charge is 0.163 e. The van der Waals surface area contributed by atoms with E-state index in [1.165, 1.54) is 22.3 Å². The van der Waals surface area contributed by atoms with Crippen molar-refractivity contribution in [1.29, 1.82) is 0 Å². The maximum Gasteiger partial charge on any atom is 0.163 e. The summed E-state index contributed by atoms with van der Waals surface area (Å²) in [5.74, 6) is 3.03. The number of methoxy groups -OCH3 is 2. The highest BCUT2D eigenvalue weighted by Gasteiger charge is 2.19. The number of aryl methyl sites for hydroxylation is 3. The highest BCUT2D eigenvalue weighted by Crippen LogP contribution is 2.38. The van der Waals surface area contributed by atoms with Crippen LogP contribution in [0.5, 0.6) is 23.0 Å². The topological polar surface area (TPSA) is 91.6 Å². The Morgan fingerprint density at radius 3 is 1.77 bits per heavy atom. The van der Waals surface area contributed by atoms with Crippen LogP contribution in [-0.4, -0.2) is 37.4 Å². The molecule has 4 aromatic carbocycles. The lowest BCUT2D eigenvalue weighted by Crippen LogP contribution is -2.16. The number of hydrogen-bond donors (Lipinski definition) is 0. The fraction of sp³-hybridized carbons (Fsp3) is 0.396. The third-order valence-electron chi connectivity index (χ3n) is 11.6. The monoisotopic (exact) mass is 823 g/mol. The number of nitrogens with zero attached hydrogens (tertiary/aromatic N) is 3. The van der Waals surface area contributed by atoms with Crippen LogP contribution in [0.2, 0.25) is 0 Å². The number of carbonyl (C=O) groups is 1. The summed E-state index contributed by atoms with van der Waals surface area (Å²) >= 11 is 0. The van der Waals surface area contributed by atoms with Crippen molar-refractivity contribution < 1.29 is 23.7 Å². The van der Waals surface area contributed by atoms with Crippen molar-refractivity contribution in [2.45, 2.75) is 107 Å². The highest BCUT2D eigenvalue weighted by molar-refractivity contribution is 6.00. The van der Waals surface area contributed by atoms with E-state index in [2.05, 4.69) is 94.3 Å². The van der Waals surface area contributed by atoms with Crippen molar-refractivity contribution in [1.82, 2.24) is 4.98 Å². The van der Waals surface area contributed by atoms with E-state index < -0.39 is 0 Å². The van der Waals surface area contributed by atoms with Crippen LogP contribution in [0.15, 0.2) is 101 Å². The second-order valence-electron chi connectivity index (χ2n) is 16.0. The molecule has 5 aromatic rings. The maximum atomic E-state index is 12.9. The van der Waals surface area contributed by atoms with Crippen LogP contribution in [0.4, 0.5) is 11.4 Å². The van der Waals surface area contributed by atoms with Gasteiger partial charge in [-0.2, -0.15) is 0 Å². The van der Waals surface area contributed by atoms with E-state index in [4.69, 9.17) is 28.9 Å². The van der Waals surface area contributed by atoms with Crippen molar-refractivity contribution >= 4 is 29.6 Å². The van der Waals surface area contributed by atoms with Gasteiger partial charge < -0.3 is 18.9 Å². The molecule has 5 rings (SSSR count). The molecule has 0 aliphatic carbocycles. The molecule has 8 heteroatoms. The number of hydrogen-bond acceptors (Lipinski definition) is 8. The summed E-state index contributed by atoms with van der Waals surface area (Å²) in [5, 5.41) is 0. The van der Waals surface area contributed by atoms with Gasteiger partial charge in [-0.15, -0.1) is 0 Å². The molecule has 2 unspecified atom stereocenters. The molecule has 1 aromatic heterocycles. The standard InChI is InChI=1S/C53H65N3O5/c1-10-18-39(25-44-21-16-14-19-42(44)12-3)32-55-48-28-52(50(58-8)23-37(48)6)60-34-40-24-41(31-54-30-40)35-61-53-29-49(47(38(7)57)27-51(53)59-9)56-33-46(36(5)11-2)26-45-22-17-15-20-43(45)13-4/h14-17,19-24,27-33,36,39,46H,10-13,18,25-26,34-35H2,1-9H3/t36-,39?,46?/m1/s1. The lowest BCUT2D eigenvalue weighted by atomic mass is 9.85. The van der Waals surface area contributed by atoms with Gasteiger partial charge >= 0.3 is 0 Å². The van der Waals surface area contributed by atoms with E-state index in [-0.39, 0.29) is 24.9 Å². The predicted octanol–water partition coefficient (Wildman–Crippen LogP) is 12.9. The number of aliphatic imine (C=N–C) groups is 2. The molecule has 0 spiro atoms. The van der Waals surface area contributed by atoms with Crippen molar-refractivity contribution in [3.05, 3.63) is 136 Å². The molecule has 0 N–H and O–H groups in total. The van der Waals surface area contributed by atoms with Gasteiger partial charge in [0.15, 0.2) is 28.8 Å². The van der Waals surface area contributed by atoms with Gasteiger partial charge in [-0.1, -0.05) is 96.0 Å². The van der Waals surface area contributed by atoms with Crippen LogP contribution < -0.4 is 18.9 Å². The molecule has 8 nitrogen and oxygen atoms in total. The predicted molar refractivity (Wildman–Crippen MR) is 250 cm³/mol. The van der Waals surface area contributed by atoms with Gasteiger partial charge in [-0.3, -0.25) is 19.8 Å². The van der Waals surface area contributed by atoms with E-state index in [0.717, 1.165) is 67.3 Å². The maximum absolute atomic E-state index is 12.9. The van der Waals surface area contributed by atoms with E-state index in [9.17, 15) is 4.79 Å². The van der Waals surface area contributed by atoms with Crippen LogP contribution in [0, 0.1) is 24.7 Å². The van der Waals surface area contributed by atoms with Crippen molar-refractivity contribution in [2.24, 2.45) is 27.7 Å². The lowest BCUT2D eigenvalue weighted by molar-refractivity contribution is 0.101. The van der Waals surface area contributed by atoms with E-state index in [0.29, 0.717) is 46.1 Å². The quantitative estimate of drug-likeness (QED) is 0.0481. The summed E-state index contributed by atoms with van der Waals surface area (Å²) < 4.78 is 24.2. The summed E-state index contributed by atoms with van der Waals surface area (Å²) in [6, 6.07) is 26.8. The molecule has 0 aliphatic heterocycles. The van der Waals surface area contributed by atoms with Crippen molar-refractivity contribution in [3.63, 3.8) is 0 Å². The molecule has 3 atom stereocenters. The Hall–Kier alpha value is -5.76. The number of benzene rings is 4. The zero-order valence-corrected chi connectivity index (χ0v) is 37.8. The van der Waals surface area contributed by atoms with Crippen molar-refractivity contribution in [2.75, 3.05) is 14.2 Å². The normalized spacial score (nSPS) is 13.0. The highest BCUT2D eigenvalue weighted by atomic mass is 16.5. The van der Waals surface area contributed by atoms with Gasteiger partial charge in [0.1, 0.15) is 13.2 Å². The zero-order valence-electron chi connectivity index (χ0n) is 37.8. The largest absolute Gasteiger partial charge is 0.493 e. The van der Waals surface area contributed by atoms with E-state index in [1.54, 1.807) is 45.7 Å². The SMILES string of the molecule is CCCC(C=Nc1cc(OCc2cncc(COc3cc(N=CC(Cc4ccccc4CC)[C@H](C)CC)c(C(C)=O)cc3OC)c2)c(OC)cc1C)Cc1ccccc1CC. The van der Waals surface area contributed by atoms with Crippen LogP contribution in [0.3, 0.4) is 0 Å². The van der Waals surface area contributed by atoms with Crippen LogP contribution in [0.1, 0.15) is 110 Å². The van der Waals surface area contributed by atoms with Gasteiger partial charge in [-0.25, -0.2) is 0 Å². The average molecular weight is 824 g/mol. The Bertz CT molecular complexity index is 2260. The number of pyridine rings is 1. The zero-order chi connectivity index (χ0) is 43.7. The molecule has 0 bridgehead atoms. The first-order valence-electron chi connectivity index (χ1n) is 21.9. The van der Waals surface area contributed by atoms with Gasteiger partial charge in [-0.05, 0) is 104 Å². The Balaban J connectivity index is 1.31. The lowest BCUT2D eigenvalue weighted by Gasteiger charge is -2.21. The molecule has 0 amide bonds. The summed E-state index contributed by atoms with van der Waals surface area (Å²) in [6.07, 6.45) is 14.7. The number of ketones is 1. The van der Waals surface area contributed by atoms with E-state index in [1.807, 2.05) is 31.3 Å². The number of Topliss-reactive ketones (excluding diaryl/α,β-unsaturated/α-hetero) is 1. The Kier molecular flexibility index (Phi) is 17.7. The number of rotatable bonds is 23. The second-order valence-corrected chi connectivity index (χ2v) is 16.0. The average Bonchev–Trinajstić information content (AvgIpc) is 3.28. The summed E-state index contributed by atoms with van der Waals surface area (Å²) in [6.45, 7) is 15.2. The molecule has 0 saturated heterocycles. The fourth-order valence-corrected chi connectivity index (χ4v) is 7.70. The third-order valence-corrected chi connectivity index (χ3v) is 11.6. The molecule has 0 radical (unpaired) electrons. The van der Waals surface area contributed by atoms with Crippen LogP contribution >= 0.6 is 0 Å². The minimum atomic E-state index is -0.0938. The van der Waals surface area contributed by atoms with E-state index >= 15 is 0 Å². The summed E-state index contributed by atoms with van der Waals surface area (Å²) in [5.41, 5.74) is 10.1. The molecule has 0 fully saturated rings. The number of ether oxygens (including phenoxy) is 4. The molecule has 0 aliphatic rings. The number of carbonyl (C=O) groups excluding carboxylic acids is 1. The van der Waals surface area contributed by atoms with Crippen molar-refractivity contribution in [3.8, 4) is 23.0 Å². The third kappa shape index (κ3) is 12.9. The first kappa shape index (κ1) is 46.3. The Morgan fingerprint density at radius 2 is 1.23 bits per heavy atom. The van der Waals surface area contributed by atoms with Crippen LogP contribution in [0.25, 0.3) is 0 Å². The van der Waals surface area contributed by atoms with Gasteiger partial charge in [0.25, 0.3) is 0 Å². The minimum absolute atomic E-state index is 0.0938. The Morgan fingerprint density at radius 1 is 0.689 bits per heavy atom. The molecule has 1 heterocycles. The van der Waals surface area contributed by atoms with Gasteiger partial charge in [0.2, 0.25) is 0 Å². The summed E-state index contributed by atoms with van der Waals surface area (Å²) in [7, 11) is 3.22.